The van der Waals surface area contributed by atoms with Gasteiger partial charge < -0.3 is 4.74 Å². The number of hydrogen-bond acceptors (Lipinski definition) is 2. The van der Waals surface area contributed by atoms with Crippen molar-refractivity contribution >= 4 is 0 Å². The highest BCUT2D eigenvalue weighted by atomic mass is 19.1. The smallest absolute Gasteiger partial charge is 0.123 e. The second-order valence-corrected chi connectivity index (χ2v) is 5.72. The molecular formula is C15H20FNO. The summed E-state index contributed by atoms with van der Waals surface area (Å²) in [5, 5.41) is 0. The number of rotatable bonds is 3. The zero-order valence-corrected chi connectivity index (χ0v) is 11.1. The van der Waals surface area contributed by atoms with Crippen LogP contribution in [0.4, 0.5) is 4.39 Å². The van der Waals surface area contributed by atoms with Crippen molar-refractivity contribution in [3.05, 3.63) is 35.1 Å². The molecule has 18 heavy (non-hydrogen) atoms. The average Bonchev–Trinajstić information content (AvgIpc) is 2.81. The summed E-state index contributed by atoms with van der Waals surface area (Å²) in [5.41, 5.74) is 2.43. The molecule has 0 radical (unpaired) electrons. The predicted molar refractivity (Wildman–Crippen MR) is 68.8 cm³/mol. The first-order chi connectivity index (χ1) is 8.62. The van der Waals surface area contributed by atoms with E-state index in [1.54, 1.807) is 12.1 Å². The van der Waals surface area contributed by atoms with Crippen LogP contribution in [-0.4, -0.2) is 24.2 Å². The molecule has 1 aromatic rings. The molecule has 3 heteroatoms. The summed E-state index contributed by atoms with van der Waals surface area (Å²) in [4.78, 5) is 2.46. The van der Waals surface area contributed by atoms with Crippen molar-refractivity contribution < 1.29 is 9.13 Å². The largest absolute Gasteiger partial charge is 0.377 e. The molecule has 0 bridgehead atoms. The standard InChI is InChI=1S/C15H20FNO/c1-11(2)18-10-15-6-3-7-17(15)9-12-8-13(16)4-5-14(12)15/h4-5,8,11H,3,6-7,9-10H2,1-2H3. The number of hydrogen-bond donors (Lipinski definition) is 0. The molecule has 0 N–H and O–H groups in total. The second-order valence-electron chi connectivity index (χ2n) is 5.72. The molecule has 98 valence electrons. The van der Waals surface area contributed by atoms with Gasteiger partial charge in [0.2, 0.25) is 0 Å². The van der Waals surface area contributed by atoms with Gasteiger partial charge in [-0.05, 0) is 56.5 Å². The third-order valence-corrected chi connectivity index (χ3v) is 4.21. The zero-order valence-electron chi connectivity index (χ0n) is 11.1. The van der Waals surface area contributed by atoms with Gasteiger partial charge in [-0.1, -0.05) is 6.07 Å². The Labute approximate surface area is 108 Å². The maximum atomic E-state index is 13.3. The van der Waals surface area contributed by atoms with Crippen molar-refractivity contribution in [3.63, 3.8) is 0 Å². The van der Waals surface area contributed by atoms with Gasteiger partial charge in [0.05, 0.1) is 18.2 Å². The molecule has 2 aliphatic heterocycles. The summed E-state index contributed by atoms with van der Waals surface area (Å²) in [5.74, 6) is -0.130. The predicted octanol–water partition coefficient (Wildman–Crippen LogP) is 3.06. The molecule has 2 heterocycles. The lowest BCUT2D eigenvalue weighted by molar-refractivity contribution is -0.00932. The number of fused-ring (bicyclic) bond motifs is 3. The number of ether oxygens (including phenoxy) is 1. The van der Waals surface area contributed by atoms with Crippen LogP contribution in [0.3, 0.4) is 0 Å². The van der Waals surface area contributed by atoms with E-state index in [-0.39, 0.29) is 17.5 Å². The van der Waals surface area contributed by atoms with Crippen molar-refractivity contribution in [3.8, 4) is 0 Å². The highest BCUT2D eigenvalue weighted by Gasteiger charge is 2.48. The topological polar surface area (TPSA) is 12.5 Å². The summed E-state index contributed by atoms with van der Waals surface area (Å²) in [7, 11) is 0. The fourth-order valence-corrected chi connectivity index (χ4v) is 3.37. The Kier molecular flexibility index (Phi) is 2.91. The molecule has 1 unspecified atom stereocenters. The van der Waals surface area contributed by atoms with Crippen molar-refractivity contribution in [1.82, 2.24) is 4.90 Å². The number of halogens is 1. The molecule has 0 amide bonds. The second kappa shape index (κ2) is 4.32. The SMILES string of the molecule is CC(C)OCC12CCCN1Cc1cc(F)ccc12. The molecule has 1 atom stereocenters. The lowest BCUT2D eigenvalue weighted by Gasteiger charge is -2.33. The quantitative estimate of drug-likeness (QED) is 0.816. The molecule has 1 saturated heterocycles. The minimum Gasteiger partial charge on any atom is -0.377 e. The molecule has 0 spiro atoms. The van der Waals surface area contributed by atoms with Crippen molar-refractivity contribution in [2.75, 3.05) is 13.2 Å². The van der Waals surface area contributed by atoms with Crippen LogP contribution >= 0.6 is 0 Å². The molecule has 0 aromatic heterocycles. The van der Waals surface area contributed by atoms with Gasteiger partial charge in [0.25, 0.3) is 0 Å². The summed E-state index contributed by atoms with van der Waals surface area (Å²) < 4.78 is 19.2. The Morgan fingerprint density at radius 3 is 3.06 bits per heavy atom. The van der Waals surface area contributed by atoms with E-state index in [9.17, 15) is 4.39 Å². The monoisotopic (exact) mass is 249 g/mol. The van der Waals surface area contributed by atoms with Gasteiger partial charge in [0.15, 0.2) is 0 Å². The van der Waals surface area contributed by atoms with Crippen LogP contribution in [0.25, 0.3) is 0 Å². The fourth-order valence-electron chi connectivity index (χ4n) is 3.37. The maximum Gasteiger partial charge on any atom is 0.123 e. The Hall–Kier alpha value is -0.930. The summed E-state index contributed by atoms with van der Waals surface area (Å²) in [6.07, 6.45) is 2.57. The van der Waals surface area contributed by atoms with Gasteiger partial charge >= 0.3 is 0 Å². The van der Waals surface area contributed by atoms with Crippen LogP contribution < -0.4 is 0 Å². The highest BCUT2D eigenvalue weighted by Crippen LogP contribution is 2.47. The minimum atomic E-state index is -0.130. The van der Waals surface area contributed by atoms with Crippen molar-refractivity contribution in [2.24, 2.45) is 0 Å². The van der Waals surface area contributed by atoms with E-state index in [1.165, 1.54) is 12.0 Å². The van der Waals surface area contributed by atoms with Gasteiger partial charge in [-0.3, -0.25) is 4.90 Å². The third kappa shape index (κ3) is 1.77. The Balaban J connectivity index is 1.96. The molecule has 3 rings (SSSR count). The molecule has 1 aromatic carbocycles. The Morgan fingerprint density at radius 1 is 1.44 bits per heavy atom. The van der Waals surface area contributed by atoms with Gasteiger partial charge in [-0.2, -0.15) is 0 Å². The average molecular weight is 249 g/mol. The van der Waals surface area contributed by atoms with E-state index in [0.717, 1.165) is 31.7 Å². The van der Waals surface area contributed by atoms with Crippen LogP contribution in [0.5, 0.6) is 0 Å². The van der Waals surface area contributed by atoms with Crippen molar-refractivity contribution in [1.29, 1.82) is 0 Å². The van der Waals surface area contributed by atoms with E-state index >= 15 is 0 Å². The van der Waals surface area contributed by atoms with E-state index in [4.69, 9.17) is 4.74 Å². The van der Waals surface area contributed by atoms with Crippen LogP contribution in [0.2, 0.25) is 0 Å². The number of nitrogens with zero attached hydrogens (tertiary/aromatic N) is 1. The van der Waals surface area contributed by atoms with Crippen LogP contribution in [-0.2, 0) is 16.8 Å². The maximum absolute atomic E-state index is 13.3. The zero-order chi connectivity index (χ0) is 12.8. The molecule has 2 nitrogen and oxygen atoms in total. The third-order valence-electron chi connectivity index (χ3n) is 4.21. The van der Waals surface area contributed by atoms with Crippen LogP contribution in [0.15, 0.2) is 18.2 Å². The summed E-state index contributed by atoms with van der Waals surface area (Å²) in [6.45, 7) is 6.82. The van der Waals surface area contributed by atoms with Gasteiger partial charge in [-0.15, -0.1) is 0 Å². The van der Waals surface area contributed by atoms with Crippen LogP contribution in [0.1, 0.15) is 37.8 Å². The van der Waals surface area contributed by atoms with E-state index in [0.29, 0.717) is 0 Å². The Morgan fingerprint density at radius 2 is 2.28 bits per heavy atom. The van der Waals surface area contributed by atoms with Crippen LogP contribution in [0, 0.1) is 5.82 Å². The normalized spacial score (nSPS) is 26.7. The molecular weight excluding hydrogens is 229 g/mol. The minimum absolute atomic E-state index is 0.00725. The van der Waals surface area contributed by atoms with E-state index < -0.39 is 0 Å². The molecule has 0 aliphatic carbocycles. The molecule has 1 fully saturated rings. The van der Waals surface area contributed by atoms with Gasteiger partial charge in [0, 0.05) is 6.54 Å². The highest BCUT2D eigenvalue weighted by molar-refractivity contribution is 5.40. The lowest BCUT2D eigenvalue weighted by Crippen LogP contribution is -2.40. The summed E-state index contributed by atoms with van der Waals surface area (Å²) >= 11 is 0. The van der Waals surface area contributed by atoms with Crippen molar-refractivity contribution in [2.45, 2.75) is 44.9 Å². The summed E-state index contributed by atoms with van der Waals surface area (Å²) in [6, 6.07) is 5.22. The van der Waals surface area contributed by atoms with Gasteiger partial charge in [-0.25, -0.2) is 4.39 Å². The number of benzene rings is 1. The first kappa shape index (κ1) is 12.1. The lowest BCUT2D eigenvalue weighted by atomic mass is 9.88. The van der Waals surface area contributed by atoms with E-state index in [1.807, 2.05) is 6.07 Å². The first-order valence-corrected chi connectivity index (χ1v) is 6.77. The van der Waals surface area contributed by atoms with Gasteiger partial charge in [0.1, 0.15) is 5.82 Å². The molecule has 0 saturated carbocycles. The Bertz CT molecular complexity index is 460. The molecule has 2 aliphatic rings. The van der Waals surface area contributed by atoms with E-state index in [2.05, 4.69) is 18.7 Å². The fraction of sp³-hybridized carbons (Fsp3) is 0.600. The first-order valence-electron chi connectivity index (χ1n) is 6.77.